The van der Waals surface area contributed by atoms with Gasteiger partial charge in [-0.05, 0) is 20.8 Å². The number of aliphatic carboxylic acids is 3. The smallest absolute Gasteiger partial charge is 0.550 e. The maximum atomic E-state index is 8.89. The molecule has 125 valence electrons. The summed E-state index contributed by atoms with van der Waals surface area (Å²) in [7, 11) is 0. The molecule has 13 heteroatoms. The Bertz CT molecular complexity index is 120. The normalized spacial score (nSPS) is 3.95. The fourth-order valence-electron chi connectivity index (χ4n) is 0. The maximum Gasteiger partial charge on any atom is 3.00 e. The van der Waals surface area contributed by atoms with Crippen molar-refractivity contribution in [2.75, 3.05) is 0 Å². The molecule has 12 nitrogen and oxygen atoms in total. The molecule has 0 fully saturated rings. The topological polar surface area (TPSA) is 309 Å². The maximum absolute atomic E-state index is 8.89. The summed E-state index contributed by atoms with van der Waals surface area (Å²) in [6.45, 7) is 2.92. The van der Waals surface area contributed by atoms with Crippen molar-refractivity contribution in [3.8, 4) is 0 Å². The zero-order valence-corrected chi connectivity index (χ0v) is 12.6. The Morgan fingerprint density at radius 1 is 0.526 bits per heavy atom. The standard InChI is InChI=1S/3C2H4O2.Gd.6H2O/c3*1-2(3)4;;;;;;;/h3*1H3,(H,3,4);;6*1H2/q;;;+3;;;;;;/p-3. The number of carbonyl (C=O) groups is 3. The first-order valence-corrected chi connectivity index (χ1v) is 2.72. The Morgan fingerprint density at radius 2 is 0.526 bits per heavy atom. The van der Waals surface area contributed by atoms with Crippen molar-refractivity contribution >= 4 is 17.9 Å². The first kappa shape index (κ1) is 78.4. The molecular weight excluding hydrogens is 421 g/mol. The molecule has 0 aliphatic rings. The second-order valence-electron chi connectivity index (χ2n) is 1.47. The molecule has 0 rings (SSSR count). The number of carbonyl (C=O) groups excluding carboxylic acids is 3. The zero-order valence-electron chi connectivity index (χ0n) is 10.3. The van der Waals surface area contributed by atoms with Crippen molar-refractivity contribution in [3.05, 3.63) is 0 Å². The molecule has 0 unspecified atom stereocenters. The van der Waals surface area contributed by atoms with Crippen molar-refractivity contribution in [1.82, 2.24) is 0 Å². The Labute approximate surface area is 141 Å². The van der Waals surface area contributed by atoms with Gasteiger partial charge < -0.3 is 62.6 Å². The third-order valence-corrected chi connectivity index (χ3v) is 0. The van der Waals surface area contributed by atoms with Crippen LogP contribution in [0.4, 0.5) is 0 Å². The summed E-state index contributed by atoms with van der Waals surface area (Å²) < 4.78 is 0. The van der Waals surface area contributed by atoms with Gasteiger partial charge in [-0.1, -0.05) is 0 Å². The van der Waals surface area contributed by atoms with Crippen LogP contribution in [0, 0.1) is 39.9 Å². The molecule has 0 aliphatic heterocycles. The molecule has 0 aromatic heterocycles. The van der Waals surface area contributed by atoms with Crippen molar-refractivity contribution < 1.29 is 103 Å². The summed E-state index contributed by atoms with van der Waals surface area (Å²) in [4.78, 5) is 26.7. The Hall–Kier alpha value is -0.505. The molecule has 0 bridgehead atoms. The van der Waals surface area contributed by atoms with Gasteiger partial charge in [-0.15, -0.1) is 0 Å². The van der Waals surface area contributed by atoms with Crippen LogP contribution in [-0.4, -0.2) is 50.8 Å². The van der Waals surface area contributed by atoms with E-state index in [1.165, 1.54) is 0 Å². The molecule has 0 atom stereocenters. The molecule has 0 aromatic rings. The molecule has 0 heterocycles. The first-order chi connectivity index (χ1) is 5.20. The molecule has 0 aliphatic carbocycles. The SMILES string of the molecule is CC(=O)[O-].CC(=O)[O-].CC(=O)[O-].O.O.O.O.O.O.[Gd+3]. The quantitative estimate of drug-likeness (QED) is 0.350. The molecule has 0 spiro atoms. The van der Waals surface area contributed by atoms with E-state index >= 15 is 0 Å². The predicted octanol–water partition coefficient (Wildman–Crippen LogP) is -8.68. The Morgan fingerprint density at radius 3 is 0.526 bits per heavy atom. The summed E-state index contributed by atoms with van der Waals surface area (Å²) in [6.07, 6.45) is 0. The van der Waals surface area contributed by atoms with Gasteiger partial charge in [0.05, 0.1) is 0 Å². The van der Waals surface area contributed by atoms with Crippen LogP contribution >= 0.6 is 0 Å². The first-order valence-electron chi connectivity index (χ1n) is 2.72. The third-order valence-electron chi connectivity index (χ3n) is 0. The van der Waals surface area contributed by atoms with Gasteiger partial charge in [0.1, 0.15) is 0 Å². The van der Waals surface area contributed by atoms with Gasteiger partial charge in [-0.2, -0.15) is 0 Å². The zero-order chi connectivity index (χ0) is 10.7. The number of rotatable bonds is 0. The summed E-state index contributed by atoms with van der Waals surface area (Å²) >= 11 is 0. The molecule has 1 radical (unpaired) electrons. The van der Waals surface area contributed by atoms with Crippen molar-refractivity contribution in [2.45, 2.75) is 20.8 Å². The fourth-order valence-corrected chi connectivity index (χ4v) is 0. The largest absolute Gasteiger partial charge is 3.00 e. The predicted molar refractivity (Wildman–Crippen MR) is 53.7 cm³/mol. The summed E-state index contributed by atoms with van der Waals surface area (Å²) in [5, 5.41) is 26.7. The minimum atomic E-state index is -1.08. The van der Waals surface area contributed by atoms with Gasteiger partial charge in [0.15, 0.2) is 0 Å². The van der Waals surface area contributed by atoms with Gasteiger partial charge in [-0.3, -0.25) is 0 Å². The summed E-state index contributed by atoms with van der Waals surface area (Å²) in [6, 6.07) is 0. The summed E-state index contributed by atoms with van der Waals surface area (Å²) in [5.74, 6) is -3.25. The van der Waals surface area contributed by atoms with E-state index in [0.29, 0.717) is 0 Å². The van der Waals surface area contributed by atoms with E-state index in [2.05, 4.69) is 0 Å². The number of hydrogen-bond donors (Lipinski definition) is 0. The van der Waals surface area contributed by atoms with Crippen molar-refractivity contribution in [1.29, 1.82) is 0 Å². The van der Waals surface area contributed by atoms with Gasteiger partial charge in [0.2, 0.25) is 0 Å². The minimum absolute atomic E-state index is 0. The van der Waals surface area contributed by atoms with Crippen molar-refractivity contribution in [3.63, 3.8) is 0 Å². The molecule has 19 heavy (non-hydrogen) atoms. The van der Waals surface area contributed by atoms with E-state index in [4.69, 9.17) is 29.7 Å². The van der Waals surface area contributed by atoms with E-state index < -0.39 is 17.9 Å². The van der Waals surface area contributed by atoms with E-state index in [9.17, 15) is 0 Å². The second-order valence-corrected chi connectivity index (χ2v) is 1.47. The van der Waals surface area contributed by atoms with Gasteiger partial charge in [0.25, 0.3) is 0 Å². The monoisotopic (exact) mass is 443 g/mol. The molecule has 0 saturated heterocycles. The van der Waals surface area contributed by atoms with Crippen LogP contribution in [0.2, 0.25) is 0 Å². The fraction of sp³-hybridized carbons (Fsp3) is 0.500. The number of hydrogen-bond acceptors (Lipinski definition) is 6. The van der Waals surface area contributed by atoms with E-state index in [-0.39, 0.29) is 72.8 Å². The van der Waals surface area contributed by atoms with Gasteiger partial charge in [-0.25, -0.2) is 0 Å². The molecule has 0 amide bonds. The van der Waals surface area contributed by atoms with Crippen molar-refractivity contribution in [2.24, 2.45) is 0 Å². The van der Waals surface area contributed by atoms with Crippen LogP contribution in [0.5, 0.6) is 0 Å². The van der Waals surface area contributed by atoms with E-state index in [1.54, 1.807) is 0 Å². The van der Waals surface area contributed by atoms with Crippen LogP contribution in [0.15, 0.2) is 0 Å². The van der Waals surface area contributed by atoms with E-state index in [1.807, 2.05) is 0 Å². The van der Waals surface area contributed by atoms with E-state index in [0.717, 1.165) is 20.8 Å². The van der Waals surface area contributed by atoms with Crippen LogP contribution in [0.3, 0.4) is 0 Å². The van der Waals surface area contributed by atoms with Gasteiger partial charge in [0, 0.05) is 17.9 Å². The van der Waals surface area contributed by atoms with Crippen LogP contribution in [-0.2, 0) is 14.4 Å². The Balaban J connectivity index is -0.00000000675. The molecule has 0 saturated carbocycles. The Kier molecular flexibility index (Phi) is 272. The average Bonchev–Trinajstić information content (AvgIpc) is 1.54. The second kappa shape index (κ2) is 66.0. The number of carboxylic acid groups (broad SMARTS) is 3. The van der Waals surface area contributed by atoms with Crippen LogP contribution in [0.1, 0.15) is 20.8 Å². The molecule has 0 aromatic carbocycles. The third kappa shape index (κ3) is 16400. The molecule has 12 N–H and O–H groups in total. The number of carboxylic acids is 3. The van der Waals surface area contributed by atoms with Gasteiger partial charge >= 0.3 is 39.9 Å². The van der Waals surface area contributed by atoms with Crippen LogP contribution in [0.25, 0.3) is 0 Å². The average molecular weight is 442 g/mol. The van der Waals surface area contributed by atoms with Crippen LogP contribution < -0.4 is 15.3 Å². The minimum Gasteiger partial charge on any atom is -0.550 e. The summed E-state index contributed by atoms with van der Waals surface area (Å²) in [5.41, 5.74) is 0. The molecular formula is C6H21GdO12.